The van der Waals surface area contributed by atoms with Gasteiger partial charge in [-0.15, -0.1) is 0 Å². The van der Waals surface area contributed by atoms with Crippen LogP contribution in [-0.4, -0.2) is 20.1 Å². The second kappa shape index (κ2) is 9.70. The minimum atomic E-state index is -1.85. The van der Waals surface area contributed by atoms with Crippen LogP contribution in [-0.2, 0) is 6.54 Å². The monoisotopic (exact) mass is 432 g/mol. The average molecular weight is 433 g/mol. The lowest BCUT2D eigenvalue weighted by Crippen LogP contribution is -2.20. The molecule has 2 aromatic rings. The summed E-state index contributed by atoms with van der Waals surface area (Å²) in [5.41, 5.74) is 2.04. The van der Waals surface area contributed by atoms with E-state index in [1.807, 2.05) is 53.2 Å². The van der Waals surface area contributed by atoms with Crippen molar-refractivity contribution < 1.29 is 0 Å². The molecule has 2 heterocycles. The van der Waals surface area contributed by atoms with Gasteiger partial charge in [-0.3, -0.25) is 0 Å². The smallest absolute Gasteiger partial charge is 0.307 e. The molecule has 3 nitrogen and oxygen atoms in total. The van der Waals surface area contributed by atoms with Crippen LogP contribution in [0.25, 0.3) is 0 Å². The molecule has 0 aliphatic carbocycles. The van der Waals surface area contributed by atoms with Crippen LogP contribution < -0.4 is 5.49 Å². The Hall–Kier alpha value is -0.130. The molecule has 136 valence electrons. The number of halogens is 1. The van der Waals surface area contributed by atoms with Gasteiger partial charge in [-0.05, 0) is 51.5 Å². The molecule has 0 radical (unpaired) electrons. The van der Waals surface area contributed by atoms with Gasteiger partial charge in [0.2, 0.25) is 0 Å². The molecule has 8 heteroatoms. The van der Waals surface area contributed by atoms with Crippen LogP contribution in [0.4, 0.5) is 0 Å². The van der Waals surface area contributed by atoms with Crippen molar-refractivity contribution in [2.75, 3.05) is 0 Å². The minimum absolute atomic E-state index is 0.485. The van der Waals surface area contributed by atoms with Gasteiger partial charge in [0.15, 0.2) is 5.49 Å². The number of rotatable bonds is 7. The van der Waals surface area contributed by atoms with E-state index < -0.39 is 5.02 Å². The molecular formula is C17H24ClN3PS3+. The van der Waals surface area contributed by atoms with E-state index in [1.165, 1.54) is 0 Å². The van der Waals surface area contributed by atoms with E-state index in [4.69, 9.17) is 28.6 Å². The largest absolute Gasteiger partial charge is 0.326 e. The molecule has 25 heavy (non-hydrogen) atoms. The Morgan fingerprint density at radius 2 is 1.84 bits per heavy atom. The van der Waals surface area contributed by atoms with Crippen LogP contribution in [0.1, 0.15) is 33.3 Å². The molecule has 0 unspecified atom stereocenters. The predicted octanol–water partition coefficient (Wildman–Crippen LogP) is 6.38. The predicted molar refractivity (Wildman–Crippen MR) is 120 cm³/mol. The van der Waals surface area contributed by atoms with E-state index in [9.17, 15) is 0 Å². The fourth-order valence-corrected chi connectivity index (χ4v) is 15.4. The van der Waals surface area contributed by atoms with Crippen molar-refractivity contribution in [3.05, 3.63) is 58.9 Å². The Labute approximate surface area is 169 Å². The lowest BCUT2D eigenvalue weighted by Gasteiger charge is -2.16. The SMILES string of the molecule is CC(C)S[P+](S)(/N=c1\ccccn1Cc1ccc(Cl)nc1)SC(C)C. The van der Waals surface area contributed by atoms with Gasteiger partial charge in [0.05, 0.1) is 41.6 Å². The van der Waals surface area contributed by atoms with Gasteiger partial charge < -0.3 is 4.57 Å². The second-order valence-corrected chi connectivity index (χ2v) is 18.4. The first-order valence-electron chi connectivity index (χ1n) is 8.08. The van der Waals surface area contributed by atoms with Crippen molar-refractivity contribution in [3.8, 4) is 0 Å². The molecule has 0 amide bonds. The molecule has 0 N–H and O–H groups in total. The summed E-state index contributed by atoms with van der Waals surface area (Å²) in [5.74, 6) is 0. The number of aromatic nitrogens is 2. The zero-order valence-electron chi connectivity index (χ0n) is 14.8. The van der Waals surface area contributed by atoms with Crippen molar-refractivity contribution in [2.45, 2.75) is 44.7 Å². The molecule has 0 aliphatic rings. The maximum absolute atomic E-state index is 5.88. The summed E-state index contributed by atoms with van der Waals surface area (Å²) in [6, 6.07) is 9.90. The lowest BCUT2D eigenvalue weighted by molar-refractivity contribution is 0.745. The first-order valence-corrected chi connectivity index (χ1v) is 14.3. The fraction of sp³-hybridized carbons (Fsp3) is 0.412. The summed E-state index contributed by atoms with van der Waals surface area (Å²) in [5, 5.41) is -0.370. The summed E-state index contributed by atoms with van der Waals surface area (Å²) in [6.07, 6.45) is 3.85. The van der Waals surface area contributed by atoms with Gasteiger partial charge in [0.1, 0.15) is 5.15 Å². The fourth-order valence-electron chi connectivity index (χ4n) is 2.14. The molecule has 2 rings (SSSR count). The third kappa shape index (κ3) is 7.18. The van der Waals surface area contributed by atoms with Crippen molar-refractivity contribution in [3.63, 3.8) is 0 Å². The Kier molecular flexibility index (Phi) is 8.22. The Balaban J connectivity index is 2.39. The second-order valence-electron chi connectivity index (χ2n) is 6.07. The quantitative estimate of drug-likeness (QED) is 0.313. The van der Waals surface area contributed by atoms with Crippen molar-refractivity contribution in [2.24, 2.45) is 4.76 Å². The molecular weight excluding hydrogens is 409 g/mol. The summed E-state index contributed by atoms with van der Waals surface area (Å²) < 4.78 is 7.24. The lowest BCUT2D eigenvalue weighted by atomic mass is 10.3. The molecule has 0 fully saturated rings. The molecule has 0 saturated carbocycles. The van der Waals surface area contributed by atoms with Gasteiger partial charge in [0, 0.05) is 22.9 Å². The van der Waals surface area contributed by atoms with Crippen LogP contribution in [0, 0.1) is 0 Å². The summed E-state index contributed by atoms with van der Waals surface area (Å²) in [7, 11) is 0. The van der Waals surface area contributed by atoms with Gasteiger partial charge in [0.25, 0.3) is 0 Å². The zero-order chi connectivity index (χ0) is 18.4. The molecule has 0 atom stereocenters. The van der Waals surface area contributed by atoms with Crippen LogP contribution in [0.15, 0.2) is 47.5 Å². The molecule has 0 spiro atoms. The highest BCUT2D eigenvalue weighted by Crippen LogP contribution is 2.85. The zero-order valence-corrected chi connectivity index (χ0v) is 19.0. The number of thiol groups is 1. The minimum Gasteiger partial charge on any atom is -0.326 e. The highest BCUT2D eigenvalue weighted by atomic mass is 35.5. The van der Waals surface area contributed by atoms with Crippen LogP contribution >= 0.6 is 51.6 Å². The van der Waals surface area contributed by atoms with E-state index in [1.54, 1.807) is 6.20 Å². The van der Waals surface area contributed by atoms with E-state index in [0.29, 0.717) is 22.2 Å². The number of hydrogen-bond acceptors (Lipinski definition) is 5. The van der Waals surface area contributed by atoms with Crippen LogP contribution in [0.5, 0.6) is 0 Å². The highest BCUT2D eigenvalue weighted by molar-refractivity contribution is 9.15. The third-order valence-electron chi connectivity index (χ3n) is 2.98. The highest BCUT2D eigenvalue weighted by Gasteiger charge is 2.40. The van der Waals surface area contributed by atoms with Gasteiger partial charge in [-0.2, -0.15) is 0 Å². The summed E-state index contributed by atoms with van der Waals surface area (Å²) >= 11 is 14.6. The number of hydrogen-bond donors (Lipinski definition) is 1. The van der Waals surface area contributed by atoms with Gasteiger partial charge >= 0.3 is 5.02 Å². The average Bonchev–Trinajstić information content (AvgIpc) is 2.49. The summed E-state index contributed by atoms with van der Waals surface area (Å²) in [6.45, 7) is 9.50. The molecule has 2 aromatic heterocycles. The molecule has 0 saturated heterocycles. The van der Waals surface area contributed by atoms with E-state index in [0.717, 1.165) is 11.1 Å². The van der Waals surface area contributed by atoms with Gasteiger partial charge in [-0.25, -0.2) is 4.98 Å². The maximum Gasteiger partial charge on any atom is 0.307 e. The molecule has 0 aromatic carbocycles. The first kappa shape index (κ1) is 21.2. The molecule has 0 bridgehead atoms. The maximum atomic E-state index is 5.88. The Bertz CT molecular complexity index is 737. The Morgan fingerprint density at radius 3 is 2.40 bits per heavy atom. The van der Waals surface area contributed by atoms with E-state index in [-0.39, 0.29) is 0 Å². The van der Waals surface area contributed by atoms with Crippen molar-refractivity contribution in [1.29, 1.82) is 0 Å². The topological polar surface area (TPSA) is 30.2 Å². The Morgan fingerprint density at radius 1 is 1.16 bits per heavy atom. The number of nitrogens with zero attached hydrogens (tertiary/aromatic N) is 3. The third-order valence-corrected chi connectivity index (χ3v) is 13.2. The molecule has 0 aliphatic heterocycles. The van der Waals surface area contributed by atoms with E-state index in [2.05, 4.69) is 43.3 Å². The van der Waals surface area contributed by atoms with Crippen molar-refractivity contribution >= 4 is 51.6 Å². The van der Waals surface area contributed by atoms with Gasteiger partial charge in [-0.1, -0.05) is 28.5 Å². The number of pyridine rings is 2. The van der Waals surface area contributed by atoms with Crippen LogP contribution in [0.3, 0.4) is 0 Å². The summed E-state index contributed by atoms with van der Waals surface area (Å²) in [4.78, 5) is 4.16. The standard InChI is InChI=1S/C17H24ClN3PS3/c1-13(2)24-22(23,25-14(3)4)20-17-7-5-6-10-21(17)12-15-8-9-16(18)19-11-15/h5-11,13-14,23H,12H2,1-4H3/q+1/b20-17+. The van der Waals surface area contributed by atoms with Crippen molar-refractivity contribution in [1.82, 2.24) is 9.55 Å². The van der Waals surface area contributed by atoms with E-state index >= 15 is 0 Å². The normalized spacial score (nSPS) is 13.0. The first-order chi connectivity index (χ1) is 11.8. The van der Waals surface area contributed by atoms with Crippen LogP contribution in [0.2, 0.25) is 5.15 Å².